The summed E-state index contributed by atoms with van der Waals surface area (Å²) in [5, 5.41) is 0. The number of nitrogen functional groups attached to an aromatic ring is 1. The van der Waals surface area contributed by atoms with Crippen LogP contribution in [0.15, 0.2) is 23.1 Å². The van der Waals surface area contributed by atoms with Gasteiger partial charge in [0.2, 0.25) is 10.0 Å². The average molecular weight is 290 g/mol. The predicted octanol–water partition coefficient (Wildman–Crippen LogP) is 1.36. The third-order valence-electron chi connectivity index (χ3n) is 2.29. The quantitative estimate of drug-likeness (QED) is 0.587. The second-order valence-corrected chi connectivity index (χ2v) is 6.25. The third kappa shape index (κ3) is 4.77. The van der Waals surface area contributed by atoms with Crippen molar-refractivity contribution in [1.82, 2.24) is 4.72 Å². The minimum absolute atomic E-state index is 0.116. The van der Waals surface area contributed by atoms with Crippen molar-refractivity contribution < 1.29 is 17.5 Å². The fourth-order valence-corrected chi connectivity index (χ4v) is 2.55. The Labute approximate surface area is 113 Å². The molecular formula is C12H19FN2O3S. The standard InChI is InChI=1S/C12H19FN2O3S/c1-9(2)8-18-7-6-15-19(16,17)11-5-3-4-10(13)12(11)14/h3-5,9,15H,6-8,14H2,1-2H3. The summed E-state index contributed by atoms with van der Waals surface area (Å²) in [7, 11) is -3.81. The van der Waals surface area contributed by atoms with Crippen LogP contribution >= 0.6 is 0 Å². The van der Waals surface area contributed by atoms with Gasteiger partial charge in [-0.15, -0.1) is 0 Å². The Morgan fingerprint density at radius 2 is 2.11 bits per heavy atom. The van der Waals surface area contributed by atoms with E-state index in [-0.39, 0.29) is 23.7 Å². The minimum atomic E-state index is -3.81. The number of para-hydroxylation sites is 1. The molecule has 7 heteroatoms. The Hall–Kier alpha value is -1.18. The van der Waals surface area contributed by atoms with Crippen LogP contribution < -0.4 is 10.5 Å². The molecule has 0 bridgehead atoms. The lowest BCUT2D eigenvalue weighted by Gasteiger charge is -2.10. The fourth-order valence-electron chi connectivity index (χ4n) is 1.40. The highest BCUT2D eigenvalue weighted by molar-refractivity contribution is 7.89. The number of rotatable bonds is 7. The Kier molecular flexibility index (Phi) is 5.71. The van der Waals surface area contributed by atoms with Crippen LogP contribution in [-0.4, -0.2) is 28.2 Å². The topological polar surface area (TPSA) is 81.4 Å². The van der Waals surface area contributed by atoms with Crippen LogP contribution in [0.3, 0.4) is 0 Å². The molecule has 0 saturated carbocycles. The predicted molar refractivity (Wildman–Crippen MR) is 71.7 cm³/mol. The van der Waals surface area contributed by atoms with Crippen molar-refractivity contribution in [2.75, 3.05) is 25.5 Å². The molecule has 5 nitrogen and oxygen atoms in total. The summed E-state index contributed by atoms with van der Waals surface area (Å²) in [6.07, 6.45) is 0. The number of nitrogens with two attached hydrogens (primary N) is 1. The largest absolute Gasteiger partial charge is 0.395 e. The van der Waals surface area contributed by atoms with E-state index in [0.717, 1.165) is 6.07 Å². The summed E-state index contributed by atoms with van der Waals surface area (Å²) in [6.45, 7) is 4.93. The first-order valence-corrected chi connectivity index (χ1v) is 7.44. The lowest BCUT2D eigenvalue weighted by atomic mass is 10.2. The van der Waals surface area contributed by atoms with Gasteiger partial charge in [0.05, 0.1) is 12.3 Å². The summed E-state index contributed by atoms with van der Waals surface area (Å²) in [5.74, 6) is -0.366. The molecule has 1 rings (SSSR count). The van der Waals surface area contributed by atoms with Gasteiger partial charge in [0, 0.05) is 13.2 Å². The van der Waals surface area contributed by atoms with E-state index in [1.165, 1.54) is 12.1 Å². The van der Waals surface area contributed by atoms with E-state index in [2.05, 4.69) is 4.72 Å². The van der Waals surface area contributed by atoms with Gasteiger partial charge >= 0.3 is 0 Å². The molecule has 0 aliphatic rings. The van der Waals surface area contributed by atoms with Crippen LogP contribution in [0, 0.1) is 11.7 Å². The Morgan fingerprint density at radius 3 is 2.74 bits per heavy atom. The molecule has 0 atom stereocenters. The minimum Gasteiger partial charge on any atom is -0.395 e. The fraction of sp³-hybridized carbons (Fsp3) is 0.500. The molecule has 1 aromatic rings. The van der Waals surface area contributed by atoms with E-state index in [9.17, 15) is 12.8 Å². The van der Waals surface area contributed by atoms with Gasteiger partial charge in [-0.3, -0.25) is 0 Å². The zero-order chi connectivity index (χ0) is 14.5. The zero-order valence-electron chi connectivity index (χ0n) is 11.0. The van der Waals surface area contributed by atoms with Gasteiger partial charge in [0.1, 0.15) is 10.7 Å². The summed E-state index contributed by atoms with van der Waals surface area (Å²) >= 11 is 0. The van der Waals surface area contributed by atoms with Gasteiger partial charge in [-0.2, -0.15) is 0 Å². The Bertz CT molecular complexity index is 518. The van der Waals surface area contributed by atoms with Crippen LogP contribution in [0.5, 0.6) is 0 Å². The van der Waals surface area contributed by atoms with E-state index >= 15 is 0 Å². The molecule has 0 aliphatic heterocycles. The average Bonchev–Trinajstić information content (AvgIpc) is 2.31. The van der Waals surface area contributed by atoms with E-state index in [1.807, 2.05) is 13.8 Å². The molecular weight excluding hydrogens is 271 g/mol. The number of hydrogen-bond donors (Lipinski definition) is 2. The maximum absolute atomic E-state index is 13.2. The molecule has 3 N–H and O–H groups in total. The molecule has 0 amide bonds. The van der Waals surface area contributed by atoms with Gasteiger partial charge in [0.15, 0.2) is 0 Å². The van der Waals surface area contributed by atoms with Gasteiger partial charge < -0.3 is 10.5 Å². The molecule has 0 spiro atoms. The first-order valence-electron chi connectivity index (χ1n) is 5.96. The number of sulfonamides is 1. The van der Waals surface area contributed by atoms with Crippen LogP contribution in [0.1, 0.15) is 13.8 Å². The lowest BCUT2D eigenvalue weighted by Crippen LogP contribution is -2.28. The number of benzene rings is 1. The van der Waals surface area contributed by atoms with Gasteiger partial charge in [-0.1, -0.05) is 19.9 Å². The smallest absolute Gasteiger partial charge is 0.242 e. The molecule has 1 aromatic carbocycles. The zero-order valence-corrected chi connectivity index (χ0v) is 11.8. The Morgan fingerprint density at radius 1 is 1.42 bits per heavy atom. The van der Waals surface area contributed by atoms with E-state index < -0.39 is 15.8 Å². The molecule has 0 aliphatic carbocycles. The van der Waals surface area contributed by atoms with Crippen LogP contribution in [0.2, 0.25) is 0 Å². The van der Waals surface area contributed by atoms with E-state index in [0.29, 0.717) is 12.5 Å². The molecule has 0 aromatic heterocycles. The van der Waals surface area contributed by atoms with Crippen molar-refractivity contribution in [1.29, 1.82) is 0 Å². The highest BCUT2D eigenvalue weighted by Gasteiger charge is 2.18. The second-order valence-electron chi connectivity index (χ2n) is 4.52. The first-order chi connectivity index (χ1) is 8.84. The highest BCUT2D eigenvalue weighted by Crippen LogP contribution is 2.20. The second kappa shape index (κ2) is 6.83. The van der Waals surface area contributed by atoms with Crippen LogP contribution in [0.25, 0.3) is 0 Å². The Balaban J connectivity index is 2.59. The van der Waals surface area contributed by atoms with E-state index in [4.69, 9.17) is 10.5 Å². The first kappa shape index (κ1) is 15.9. The number of hydrogen-bond acceptors (Lipinski definition) is 4. The summed E-state index contributed by atoms with van der Waals surface area (Å²) < 4.78 is 44.5. The highest BCUT2D eigenvalue weighted by atomic mass is 32.2. The number of nitrogens with one attached hydrogen (secondary N) is 1. The van der Waals surface area contributed by atoms with Crippen molar-refractivity contribution in [3.63, 3.8) is 0 Å². The van der Waals surface area contributed by atoms with Crippen molar-refractivity contribution in [3.05, 3.63) is 24.0 Å². The van der Waals surface area contributed by atoms with Crippen LogP contribution in [-0.2, 0) is 14.8 Å². The number of ether oxygens (including phenoxy) is 1. The number of anilines is 1. The summed E-state index contributed by atoms with van der Waals surface area (Å²) in [5.41, 5.74) is 5.04. The molecule has 0 radical (unpaired) electrons. The SMILES string of the molecule is CC(C)COCCNS(=O)(=O)c1cccc(F)c1N. The van der Waals surface area contributed by atoms with Gasteiger partial charge in [-0.05, 0) is 18.1 Å². The monoisotopic (exact) mass is 290 g/mol. The molecule has 19 heavy (non-hydrogen) atoms. The van der Waals surface area contributed by atoms with Crippen molar-refractivity contribution >= 4 is 15.7 Å². The number of halogens is 1. The summed E-state index contributed by atoms with van der Waals surface area (Å²) in [6, 6.07) is 3.67. The molecule has 108 valence electrons. The van der Waals surface area contributed by atoms with Gasteiger partial charge in [0.25, 0.3) is 0 Å². The molecule has 0 fully saturated rings. The lowest BCUT2D eigenvalue weighted by molar-refractivity contribution is 0.114. The van der Waals surface area contributed by atoms with E-state index in [1.54, 1.807) is 0 Å². The van der Waals surface area contributed by atoms with Crippen molar-refractivity contribution in [2.45, 2.75) is 18.7 Å². The molecule has 0 saturated heterocycles. The van der Waals surface area contributed by atoms with Crippen molar-refractivity contribution in [2.24, 2.45) is 5.92 Å². The van der Waals surface area contributed by atoms with Crippen LogP contribution in [0.4, 0.5) is 10.1 Å². The molecule has 0 heterocycles. The van der Waals surface area contributed by atoms with Gasteiger partial charge in [-0.25, -0.2) is 17.5 Å². The maximum Gasteiger partial charge on any atom is 0.242 e. The van der Waals surface area contributed by atoms with Crippen molar-refractivity contribution in [3.8, 4) is 0 Å². The summed E-state index contributed by atoms with van der Waals surface area (Å²) in [4.78, 5) is -0.253. The molecule has 0 unspecified atom stereocenters. The maximum atomic E-state index is 13.2. The normalized spacial score (nSPS) is 12.0. The third-order valence-corrected chi connectivity index (χ3v) is 3.81.